The van der Waals surface area contributed by atoms with E-state index in [9.17, 15) is 8.78 Å². The molecule has 0 radical (unpaired) electrons. The lowest BCUT2D eigenvalue weighted by molar-refractivity contribution is 0.356. The minimum Gasteiger partial charge on any atom is -0.271 e. The van der Waals surface area contributed by atoms with Gasteiger partial charge in [0.2, 0.25) is 0 Å². The van der Waals surface area contributed by atoms with E-state index in [0.29, 0.717) is 17.9 Å². The van der Waals surface area contributed by atoms with Crippen LogP contribution in [-0.2, 0) is 0 Å². The molecule has 0 aliphatic carbocycles. The molecule has 106 valence electrons. The van der Waals surface area contributed by atoms with Gasteiger partial charge in [0.15, 0.2) is 0 Å². The summed E-state index contributed by atoms with van der Waals surface area (Å²) in [6.07, 6.45) is 2.88. The predicted molar refractivity (Wildman–Crippen MR) is 75.8 cm³/mol. The van der Waals surface area contributed by atoms with Crippen LogP contribution in [0.5, 0.6) is 0 Å². The third-order valence-electron chi connectivity index (χ3n) is 3.78. The van der Waals surface area contributed by atoms with Gasteiger partial charge in [0.05, 0.1) is 6.04 Å². The van der Waals surface area contributed by atoms with E-state index in [4.69, 9.17) is 5.84 Å². The van der Waals surface area contributed by atoms with Crippen LogP contribution < -0.4 is 11.3 Å². The zero-order valence-corrected chi connectivity index (χ0v) is 11.9. The fraction of sp³-hybridized carbons (Fsp3) is 0.571. The summed E-state index contributed by atoms with van der Waals surface area (Å²) in [5.41, 5.74) is 3.13. The zero-order chi connectivity index (χ0) is 13.8. The Kier molecular flexibility index (Phi) is 5.19. The molecule has 19 heavy (non-hydrogen) atoms. The predicted octanol–water partition coefficient (Wildman–Crippen LogP) is 3.31. The monoisotopic (exact) mass is 286 g/mol. The summed E-state index contributed by atoms with van der Waals surface area (Å²) in [6, 6.07) is 2.32. The summed E-state index contributed by atoms with van der Waals surface area (Å²) in [6.45, 7) is 1.64. The van der Waals surface area contributed by atoms with Crippen molar-refractivity contribution in [2.24, 2.45) is 11.8 Å². The highest BCUT2D eigenvalue weighted by Gasteiger charge is 2.25. The topological polar surface area (TPSA) is 38.0 Å². The van der Waals surface area contributed by atoms with E-state index in [1.807, 2.05) is 11.8 Å². The van der Waals surface area contributed by atoms with Crippen molar-refractivity contribution in [1.29, 1.82) is 0 Å². The van der Waals surface area contributed by atoms with Crippen molar-refractivity contribution in [3.63, 3.8) is 0 Å². The van der Waals surface area contributed by atoms with Gasteiger partial charge in [-0.15, -0.1) is 0 Å². The quantitative estimate of drug-likeness (QED) is 0.659. The molecule has 1 aromatic rings. The average Bonchev–Trinajstić information content (AvgIpc) is 2.43. The molecule has 1 unspecified atom stereocenters. The summed E-state index contributed by atoms with van der Waals surface area (Å²) in [4.78, 5) is 0. The van der Waals surface area contributed by atoms with Gasteiger partial charge < -0.3 is 0 Å². The van der Waals surface area contributed by atoms with E-state index >= 15 is 0 Å². The molecular weight excluding hydrogens is 266 g/mol. The van der Waals surface area contributed by atoms with Crippen LogP contribution in [0.2, 0.25) is 0 Å². The van der Waals surface area contributed by atoms with Crippen molar-refractivity contribution in [2.45, 2.75) is 32.2 Å². The van der Waals surface area contributed by atoms with Crippen LogP contribution in [0.15, 0.2) is 12.1 Å². The van der Waals surface area contributed by atoms with Crippen LogP contribution in [0.3, 0.4) is 0 Å². The molecule has 5 heteroatoms. The molecule has 0 saturated carbocycles. The standard InChI is InChI=1S/C14H20F2N2S/c1-9-2-3-11(15)13(14(9)16)12(18-17)8-10-4-6-19-7-5-10/h2-3,10,12,18H,4-8,17H2,1H3. The smallest absolute Gasteiger partial charge is 0.133 e. The van der Waals surface area contributed by atoms with E-state index in [1.165, 1.54) is 12.1 Å². The number of nitrogens with one attached hydrogen (secondary N) is 1. The van der Waals surface area contributed by atoms with E-state index < -0.39 is 17.7 Å². The maximum absolute atomic E-state index is 14.1. The Hall–Kier alpha value is -0.650. The van der Waals surface area contributed by atoms with Crippen molar-refractivity contribution in [3.05, 3.63) is 34.9 Å². The largest absolute Gasteiger partial charge is 0.271 e. The molecule has 1 fully saturated rings. The SMILES string of the molecule is Cc1ccc(F)c(C(CC2CCSCC2)NN)c1F. The highest BCUT2D eigenvalue weighted by atomic mass is 32.2. The highest BCUT2D eigenvalue weighted by Crippen LogP contribution is 2.33. The van der Waals surface area contributed by atoms with E-state index in [2.05, 4.69) is 5.43 Å². The van der Waals surface area contributed by atoms with Gasteiger partial charge in [-0.05, 0) is 55.2 Å². The second kappa shape index (κ2) is 6.68. The van der Waals surface area contributed by atoms with Crippen LogP contribution in [-0.4, -0.2) is 11.5 Å². The first-order valence-electron chi connectivity index (χ1n) is 6.62. The van der Waals surface area contributed by atoms with E-state index in [1.54, 1.807) is 6.92 Å². The number of hydrogen-bond acceptors (Lipinski definition) is 3. The molecule has 1 atom stereocenters. The maximum atomic E-state index is 14.1. The number of halogens is 2. The van der Waals surface area contributed by atoms with Crippen molar-refractivity contribution in [3.8, 4) is 0 Å². The second-order valence-corrected chi connectivity index (χ2v) is 6.33. The molecule has 3 N–H and O–H groups in total. The molecule has 1 aliphatic heterocycles. The first-order valence-corrected chi connectivity index (χ1v) is 7.77. The third kappa shape index (κ3) is 3.46. The van der Waals surface area contributed by atoms with Crippen LogP contribution in [0.4, 0.5) is 8.78 Å². The van der Waals surface area contributed by atoms with Crippen LogP contribution in [0.1, 0.15) is 36.4 Å². The molecular formula is C14H20F2N2S. The Morgan fingerprint density at radius 2 is 2.05 bits per heavy atom. The fourth-order valence-corrected chi connectivity index (χ4v) is 3.79. The number of thioether (sulfide) groups is 1. The molecule has 2 rings (SSSR count). The van der Waals surface area contributed by atoms with Crippen LogP contribution >= 0.6 is 11.8 Å². The van der Waals surface area contributed by atoms with E-state index in [0.717, 1.165) is 24.3 Å². The first-order chi connectivity index (χ1) is 9.13. The number of benzene rings is 1. The van der Waals surface area contributed by atoms with Gasteiger partial charge in [-0.2, -0.15) is 11.8 Å². The number of aryl methyl sites for hydroxylation is 1. The van der Waals surface area contributed by atoms with Gasteiger partial charge in [0.25, 0.3) is 0 Å². The van der Waals surface area contributed by atoms with Crippen molar-refractivity contribution in [1.82, 2.24) is 5.43 Å². The normalized spacial score (nSPS) is 18.5. The van der Waals surface area contributed by atoms with Gasteiger partial charge in [-0.1, -0.05) is 6.07 Å². The second-order valence-electron chi connectivity index (χ2n) is 5.10. The van der Waals surface area contributed by atoms with Gasteiger partial charge in [-0.3, -0.25) is 11.3 Å². The Bertz CT molecular complexity index is 434. The third-order valence-corrected chi connectivity index (χ3v) is 4.83. The lowest BCUT2D eigenvalue weighted by Gasteiger charge is -2.26. The molecule has 2 nitrogen and oxygen atoms in total. The fourth-order valence-electron chi connectivity index (χ4n) is 2.58. The molecule has 1 aliphatic rings. The molecule has 0 spiro atoms. The van der Waals surface area contributed by atoms with Crippen LogP contribution in [0, 0.1) is 24.5 Å². The molecule has 0 amide bonds. The number of rotatable bonds is 4. The summed E-state index contributed by atoms with van der Waals surface area (Å²) in [5, 5.41) is 0. The van der Waals surface area contributed by atoms with Gasteiger partial charge in [0.1, 0.15) is 11.6 Å². The van der Waals surface area contributed by atoms with Crippen molar-refractivity contribution in [2.75, 3.05) is 11.5 Å². The molecule has 1 aromatic carbocycles. The Labute approximate surface area is 117 Å². The van der Waals surface area contributed by atoms with Crippen molar-refractivity contribution >= 4 is 11.8 Å². The summed E-state index contributed by atoms with van der Waals surface area (Å²) in [7, 11) is 0. The Balaban J connectivity index is 2.19. The Morgan fingerprint density at radius 1 is 1.37 bits per heavy atom. The van der Waals surface area contributed by atoms with Crippen LogP contribution in [0.25, 0.3) is 0 Å². The molecule has 1 saturated heterocycles. The molecule has 0 bridgehead atoms. The summed E-state index contributed by atoms with van der Waals surface area (Å²) in [5.74, 6) is 7.26. The summed E-state index contributed by atoms with van der Waals surface area (Å²) < 4.78 is 28.0. The number of hydrogen-bond donors (Lipinski definition) is 2. The molecule has 0 aromatic heterocycles. The lowest BCUT2D eigenvalue weighted by Crippen LogP contribution is -2.32. The minimum absolute atomic E-state index is 0.0840. The van der Waals surface area contributed by atoms with Gasteiger partial charge in [-0.25, -0.2) is 8.78 Å². The Morgan fingerprint density at radius 3 is 2.68 bits per heavy atom. The summed E-state index contributed by atoms with van der Waals surface area (Å²) >= 11 is 1.94. The van der Waals surface area contributed by atoms with E-state index in [-0.39, 0.29) is 5.56 Å². The van der Waals surface area contributed by atoms with Crippen molar-refractivity contribution < 1.29 is 8.78 Å². The highest BCUT2D eigenvalue weighted by molar-refractivity contribution is 7.99. The number of hydrazine groups is 1. The number of nitrogens with two attached hydrogens (primary N) is 1. The minimum atomic E-state index is -0.517. The molecule has 1 heterocycles. The average molecular weight is 286 g/mol. The maximum Gasteiger partial charge on any atom is 0.133 e. The van der Waals surface area contributed by atoms with Gasteiger partial charge >= 0.3 is 0 Å². The first kappa shape index (κ1) is 14.8. The van der Waals surface area contributed by atoms with Gasteiger partial charge in [0, 0.05) is 5.56 Å². The lowest BCUT2D eigenvalue weighted by atomic mass is 9.90. The zero-order valence-electron chi connectivity index (χ0n) is 11.1.